The highest BCUT2D eigenvalue weighted by atomic mass is 127. The van der Waals surface area contributed by atoms with Crippen LogP contribution in [-0.4, -0.2) is 56.7 Å². The molecule has 0 aliphatic carbocycles. The molecule has 0 atom stereocenters. The van der Waals surface area contributed by atoms with Crippen LogP contribution in [0.1, 0.15) is 32.8 Å². The van der Waals surface area contributed by atoms with Crippen molar-refractivity contribution in [1.82, 2.24) is 15.5 Å². The van der Waals surface area contributed by atoms with Crippen LogP contribution in [0.4, 0.5) is 8.78 Å². The zero-order valence-electron chi connectivity index (χ0n) is 17.3. The first-order valence-electron chi connectivity index (χ1n) is 9.36. The highest BCUT2D eigenvalue weighted by Crippen LogP contribution is 2.26. The molecule has 0 bridgehead atoms. The van der Waals surface area contributed by atoms with Gasteiger partial charge in [-0.15, -0.1) is 24.0 Å². The number of nitrogens with one attached hydrogen (secondary N) is 2. The van der Waals surface area contributed by atoms with Crippen LogP contribution in [0.5, 0.6) is 11.5 Å². The van der Waals surface area contributed by atoms with Gasteiger partial charge in [-0.3, -0.25) is 4.79 Å². The van der Waals surface area contributed by atoms with Crippen LogP contribution in [0.2, 0.25) is 0 Å². The maximum atomic E-state index is 12.6. The average Bonchev–Trinajstić information content (AvgIpc) is 2.67. The van der Waals surface area contributed by atoms with Gasteiger partial charge < -0.3 is 25.0 Å². The highest BCUT2D eigenvalue weighted by Gasteiger charge is 2.12. The van der Waals surface area contributed by atoms with Crippen LogP contribution in [-0.2, 0) is 11.3 Å². The molecule has 0 aliphatic heterocycles. The van der Waals surface area contributed by atoms with E-state index in [0.717, 1.165) is 0 Å². The lowest BCUT2D eigenvalue weighted by molar-refractivity contribution is -0.130. The van der Waals surface area contributed by atoms with Crippen molar-refractivity contribution in [2.75, 3.05) is 33.3 Å². The van der Waals surface area contributed by atoms with Crippen molar-refractivity contribution in [3.63, 3.8) is 0 Å². The van der Waals surface area contributed by atoms with Gasteiger partial charge in [-0.25, -0.2) is 4.99 Å². The molecule has 1 aromatic rings. The molecule has 0 radical (unpaired) electrons. The van der Waals surface area contributed by atoms with E-state index in [1.807, 2.05) is 20.8 Å². The molecule has 0 unspecified atom stereocenters. The lowest BCUT2D eigenvalue weighted by Crippen LogP contribution is -2.40. The number of hydrogen-bond acceptors (Lipinski definition) is 4. The minimum atomic E-state index is -2.92. The molecule has 1 rings (SSSR count). The molecular weight excluding hydrogens is 497 g/mol. The largest absolute Gasteiger partial charge is 0.497 e. The molecule has 0 aromatic heterocycles. The van der Waals surface area contributed by atoms with Crippen LogP contribution in [0, 0.1) is 0 Å². The Balaban J connectivity index is 0.00000784. The van der Waals surface area contributed by atoms with E-state index in [0.29, 0.717) is 49.9 Å². The van der Waals surface area contributed by atoms with Crippen molar-refractivity contribution < 1.29 is 23.0 Å². The summed E-state index contributed by atoms with van der Waals surface area (Å²) in [6.07, 6.45) is 0.338. The van der Waals surface area contributed by atoms with Gasteiger partial charge in [0.1, 0.15) is 11.5 Å². The summed E-state index contributed by atoms with van der Waals surface area (Å²) in [5, 5.41) is 6.15. The number of alkyl halides is 2. The molecular formula is C19H31F2IN4O3. The number of amides is 1. The van der Waals surface area contributed by atoms with E-state index >= 15 is 0 Å². The predicted octanol–water partition coefficient (Wildman–Crippen LogP) is 3.23. The topological polar surface area (TPSA) is 75.2 Å². The number of carbonyl (C=O) groups excluding carboxylic acids is 1. The van der Waals surface area contributed by atoms with E-state index < -0.39 is 6.61 Å². The second-order valence-electron chi connectivity index (χ2n) is 5.79. The lowest BCUT2D eigenvalue weighted by atomic mass is 10.2. The monoisotopic (exact) mass is 528 g/mol. The molecule has 166 valence electrons. The summed E-state index contributed by atoms with van der Waals surface area (Å²) in [7, 11) is 1.49. The Labute approximate surface area is 188 Å². The van der Waals surface area contributed by atoms with Gasteiger partial charge in [-0.2, -0.15) is 8.78 Å². The first-order valence-corrected chi connectivity index (χ1v) is 9.36. The number of nitrogens with zero attached hydrogens (tertiary/aromatic N) is 2. The summed E-state index contributed by atoms with van der Waals surface area (Å²) in [4.78, 5) is 18.2. The third-order valence-corrected chi connectivity index (χ3v) is 3.98. The standard InChI is InChI=1S/C19H30F2N4O3.HI/c1-5-22-19(23-11-10-17(26)25(6-2)7-3)24-13-14-12-15(27-4)8-9-16(14)28-18(20)21;/h8-9,12,18H,5-7,10-11,13H2,1-4H3,(H2,22,23,24);1H. The third-order valence-electron chi connectivity index (χ3n) is 3.98. The van der Waals surface area contributed by atoms with Crippen molar-refractivity contribution in [2.45, 2.75) is 40.3 Å². The van der Waals surface area contributed by atoms with Crippen molar-refractivity contribution in [3.8, 4) is 11.5 Å². The Morgan fingerprint density at radius 3 is 2.45 bits per heavy atom. The van der Waals surface area contributed by atoms with Crippen molar-refractivity contribution in [3.05, 3.63) is 23.8 Å². The normalized spacial score (nSPS) is 10.9. The van der Waals surface area contributed by atoms with E-state index in [1.165, 1.54) is 13.2 Å². The summed E-state index contributed by atoms with van der Waals surface area (Å²) in [6.45, 7) is 5.36. The molecule has 0 saturated carbocycles. The minimum Gasteiger partial charge on any atom is -0.497 e. The molecule has 0 spiro atoms. The number of carbonyl (C=O) groups is 1. The Bertz CT molecular complexity index is 644. The van der Waals surface area contributed by atoms with Gasteiger partial charge in [0.05, 0.1) is 13.7 Å². The molecule has 1 aromatic carbocycles. The summed E-state index contributed by atoms with van der Waals surface area (Å²) >= 11 is 0. The number of rotatable bonds is 11. The number of aliphatic imine (C=N–C) groups is 1. The van der Waals surface area contributed by atoms with Crippen molar-refractivity contribution in [1.29, 1.82) is 0 Å². The number of ether oxygens (including phenoxy) is 2. The SMILES string of the molecule is CCNC(=NCc1cc(OC)ccc1OC(F)F)NCCC(=O)N(CC)CC.I. The van der Waals surface area contributed by atoms with Gasteiger partial charge in [-0.1, -0.05) is 0 Å². The second kappa shape index (κ2) is 15.1. The number of guanidine groups is 1. The quantitative estimate of drug-likeness (QED) is 0.262. The molecule has 0 aliphatic rings. The minimum absolute atomic E-state index is 0. The van der Waals surface area contributed by atoms with Gasteiger partial charge in [0.15, 0.2) is 5.96 Å². The second-order valence-corrected chi connectivity index (χ2v) is 5.79. The fourth-order valence-electron chi connectivity index (χ4n) is 2.55. The molecule has 0 saturated heterocycles. The van der Waals surface area contributed by atoms with Crippen LogP contribution < -0.4 is 20.1 Å². The van der Waals surface area contributed by atoms with Gasteiger partial charge in [0.2, 0.25) is 5.91 Å². The number of hydrogen-bond donors (Lipinski definition) is 2. The zero-order valence-corrected chi connectivity index (χ0v) is 19.7. The van der Waals surface area contributed by atoms with Crippen molar-refractivity contribution >= 4 is 35.8 Å². The fourth-order valence-corrected chi connectivity index (χ4v) is 2.55. The molecule has 7 nitrogen and oxygen atoms in total. The number of halogens is 3. The maximum absolute atomic E-state index is 12.6. The van der Waals surface area contributed by atoms with Crippen LogP contribution in [0.15, 0.2) is 23.2 Å². The molecule has 1 amide bonds. The number of benzene rings is 1. The number of methoxy groups -OCH3 is 1. The average molecular weight is 528 g/mol. The van der Waals surface area contributed by atoms with Gasteiger partial charge >= 0.3 is 6.61 Å². The van der Waals surface area contributed by atoms with E-state index in [9.17, 15) is 13.6 Å². The van der Waals surface area contributed by atoms with Crippen molar-refractivity contribution in [2.24, 2.45) is 4.99 Å². The Hall–Kier alpha value is -1.85. The Morgan fingerprint density at radius 1 is 1.21 bits per heavy atom. The predicted molar refractivity (Wildman–Crippen MR) is 120 cm³/mol. The van der Waals surface area contributed by atoms with Crippen LogP contribution in [0.3, 0.4) is 0 Å². The van der Waals surface area contributed by atoms with E-state index in [-0.39, 0.29) is 42.2 Å². The summed E-state index contributed by atoms with van der Waals surface area (Å²) in [5.74, 6) is 1.12. The summed E-state index contributed by atoms with van der Waals surface area (Å²) in [5.41, 5.74) is 0.469. The van der Waals surface area contributed by atoms with Crippen LogP contribution in [0.25, 0.3) is 0 Å². The molecule has 2 N–H and O–H groups in total. The highest BCUT2D eigenvalue weighted by molar-refractivity contribution is 14.0. The first kappa shape index (κ1) is 27.1. The third kappa shape index (κ3) is 9.95. The summed E-state index contributed by atoms with van der Waals surface area (Å²) < 4.78 is 34.9. The summed E-state index contributed by atoms with van der Waals surface area (Å²) in [6, 6.07) is 4.58. The van der Waals surface area contributed by atoms with E-state index in [2.05, 4.69) is 20.4 Å². The molecule has 10 heteroatoms. The molecule has 29 heavy (non-hydrogen) atoms. The lowest BCUT2D eigenvalue weighted by Gasteiger charge is -2.19. The van der Waals surface area contributed by atoms with Gasteiger partial charge in [0, 0.05) is 38.2 Å². The van der Waals surface area contributed by atoms with Gasteiger partial charge in [0.25, 0.3) is 0 Å². The Kier molecular flexibility index (Phi) is 14.1. The molecule has 0 fully saturated rings. The zero-order chi connectivity index (χ0) is 20.9. The Morgan fingerprint density at radius 2 is 1.90 bits per heavy atom. The molecule has 0 heterocycles. The maximum Gasteiger partial charge on any atom is 0.387 e. The fraction of sp³-hybridized carbons (Fsp3) is 0.579. The van der Waals surface area contributed by atoms with E-state index in [4.69, 9.17) is 4.74 Å². The smallest absolute Gasteiger partial charge is 0.387 e. The first-order chi connectivity index (χ1) is 13.4. The van der Waals surface area contributed by atoms with E-state index in [1.54, 1.807) is 17.0 Å². The van der Waals surface area contributed by atoms with Gasteiger partial charge in [-0.05, 0) is 39.0 Å². The van der Waals surface area contributed by atoms with Crippen LogP contribution >= 0.6 is 24.0 Å².